The SMILES string of the molecule is Cc1ccccc1N1C(=O)NC(=O)/C(=C/c2cc(Br)cc(Br)c2OC(=O)/C=C/c2ccccc2)C1=O. The molecule has 1 fully saturated rings. The molecule has 9 heteroatoms. The van der Waals surface area contributed by atoms with Crippen molar-refractivity contribution < 1.29 is 23.9 Å². The van der Waals surface area contributed by atoms with Crippen molar-refractivity contribution in [2.75, 3.05) is 4.90 Å². The third kappa shape index (κ3) is 5.53. The predicted molar refractivity (Wildman–Crippen MR) is 143 cm³/mol. The molecule has 3 aromatic carbocycles. The second-order valence-electron chi connectivity index (χ2n) is 7.72. The van der Waals surface area contributed by atoms with Gasteiger partial charge in [-0.3, -0.25) is 14.9 Å². The fourth-order valence-electron chi connectivity index (χ4n) is 3.50. The quantitative estimate of drug-likeness (QED) is 0.171. The molecule has 0 radical (unpaired) electrons. The first-order chi connectivity index (χ1) is 17.2. The predicted octanol–water partition coefficient (Wildman–Crippen LogP) is 5.81. The number of aryl methyl sites for hydroxylation is 1. The Kier molecular flexibility index (Phi) is 7.61. The highest BCUT2D eigenvalue weighted by atomic mass is 79.9. The number of urea groups is 1. The fourth-order valence-corrected chi connectivity index (χ4v) is 4.84. The summed E-state index contributed by atoms with van der Waals surface area (Å²) in [6.45, 7) is 1.75. The van der Waals surface area contributed by atoms with Gasteiger partial charge in [0, 0.05) is 16.1 Å². The molecule has 1 heterocycles. The lowest BCUT2D eigenvalue weighted by Gasteiger charge is -2.27. The molecule has 0 spiro atoms. The second kappa shape index (κ2) is 10.8. The van der Waals surface area contributed by atoms with Gasteiger partial charge < -0.3 is 4.74 Å². The van der Waals surface area contributed by atoms with Gasteiger partial charge in [0.25, 0.3) is 11.8 Å². The van der Waals surface area contributed by atoms with E-state index in [2.05, 4.69) is 37.2 Å². The molecule has 1 N–H and O–H groups in total. The number of anilines is 1. The Balaban J connectivity index is 1.70. The molecular formula is C27H18Br2N2O5. The number of hydrogen-bond donors (Lipinski definition) is 1. The highest BCUT2D eigenvalue weighted by Crippen LogP contribution is 2.35. The Morgan fingerprint density at radius 1 is 0.972 bits per heavy atom. The van der Waals surface area contributed by atoms with Crippen LogP contribution in [-0.4, -0.2) is 23.8 Å². The fraction of sp³-hybridized carbons (Fsp3) is 0.0370. The summed E-state index contributed by atoms with van der Waals surface area (Å²) in [5.74, 6) is -2.20. The average molecular weight is 610 g/mol. The van der Waals surface area contributed by atoms with Crippen LogP contribution in [0.15, 0.2) is 87.3 Å². The molecule has 4 rings (SSSR count). The number of para-hydroxylation sites is 1. The minimum atomic E-state index is -0.854. The maximum Gasteiger partial charge on any atom is 0.336 e. The van der Waals surface area contributed by atoms with Crippen molar-refractivity contribution >= 4 is 73.5 Å². The molecule has 0 unspecified atom stereocenters. The molecule has 1 aliphatic rings. The number of barbiturate groups is 1. The molecule has 1 saturated heterocycles. The van der Waals surface area contributed by atoms with E-state index in [1.165, 1.54) is 12.2 Å². The number of hydrogen-bond acceptors (Lipinski definition) is 5. The summed E-state index contributed by atoms with van der Waals surface area (Å²) in [6, 6.07) is 18.5. The molecule has 0 aliphatic carbocycles. The lowest BCUT2D eigenvalue weighted by molar-refractivity contribution is -0.129. The largest absolute Gasteiger partial charge is 0.422 e. The van der Waals surface area contributed by atoms with Gasteiger partial charge in [-0.2, -0.15) is 0 Å². The van der Waals surface area contributed by atoms with Crippen LogP contribution in [-0.2, 0) is 14.4 Å². The third-order valence-electron chi connectivity index (χ3n) is 5.21. The summed E-state index contributed by atoms with van der Waals surface area (Å²) in [7, 11) is 0. The maximum absolute atomic E-state index is 13.3. The Bertz CT molecular complexity index is 1450. The van der Waals surface area contributed by atoms with Crippen LogP contribution in [0.3, 0.4) is 0 Å². The van der Waals surface area contributed by atoms with Crippen LogP contribution in [0.5, 0.6) is 5.75 Å². The van der Waals surface area contributed by atoms with Crippen LogP contribution in [0.25, 0.3) is 12.2 Å². The minimum absolute atomic E-state index is 0.105. The number of carbonyl (C=O) groups is 4. The zero-order valence-electron chi connectivity index (χ0n) is 18.8. The highest BCUT2D eigenvalue weighted by Gasteiger charge is 2.37. The van der Waals surface area contributed by atoms with E-state index in [9.17, 15) is 19.2 Å². The van der Waals surface area contributed by atoms with Gasteiger partial charge in [0.1, 0.15) is 5.57 Å². The molecule has 0 saturated carbocycles. The van der Waals surface area contributed by atoms with Crippen molar-refractivity contribution in [3.63, 3.8) is 0 Å². The van der Waals surface area contributed by atoms with Gasteiger partial charge in [-0.15, -0.1) is 0 Å². The number of amides is 4. The number of carbonyl (C=O) groups excluding carboxylic acids is 4. The van der Waals surface area contributed by atoms with Crippen molar-refractivity contribution in [1.82, 2.24) is 5.32 Å². The van der Waals surface area contributed by atoms with Gasteiger partial charge in [0.2, 0.25) is 0 Å². The number of halogens is 2. The van der Waals surface area contributed by atoms with Crippen LogP contribution in [0.4, 0.5) is 10.5 Å². The zero-order chi connectivity index (χ0) is 25.8. The first-order valence-electron chi connectivity index (χ1n) is 10.7. The summed E-state index contributed by atoms with van der Waals surface area (Å²) in [4.78, 5) is 51.9. The average Bonchev–Trinajstić information content (AvgIpc) is 2.84. The Morgan fingerprint density at radius 2 is 1.67 bits per heavy atom. The number of nitrogens with zero attached hydrogens (tertiary/aromatic N) is 1. The number of esters is 1. The van der Waals surface area contributed by atoms with Crippen LogP contribution < -0.4 is 15.0 Å². The van der Waals surface area contributed by atoms with Crippen molar-refractivity contribution in [1.29, 1.82) is 0 Å². The molecule has 0 bridgehead atoms. The number of rotatable bonds is 5. The first-order valence-corrected chi connectivity index (χ1v) is 12.2. The summed E-state index contributed by atoms with van der Waals surface area (Å²) in [6.07, 6.45) is 4.17. The minimum Gasteiger partial charge on any atom is -0.422 e. The van der Waals surface area contributed by atoms with E-state index < -0.39 is 23.8 Å². The van der Waals surface area contributed by atoms with Gasteiger partial charge >= 0.3 is 12.0 Å². The Morgan fingerprint density at radius 3 is 2.39 bits per heavy atom. The van der Waals surface area contributed by atoms with Gasteiger partial charge in [-0.1, -0.05) is 64.5 Å². The molecule has 0 atom stereocenters. The standard InChI is InChI=1S/C27H18Br2N2O5/c1-16-7-5-6-10-22(16)31-26(34)20(25(33)30-27(31)35)14-18-13-19(28)15-21(29)24(18)36-23(32)12-11-17-8-3-2-4-9-17/h2-15H,1H3,(H,30,33,35)/b12-11+,20-14-. The van der Waals surface area contributed by atoms with E-state index in [1.807, 2.05) is 30.3 Å². The monoisotopic (exact) mass is 608 g/mol. The van der Waals surface area contributed by atoms with E-state index in [0.717, 1.165) is 10.5 Å². The molecule has 1 aliphatic heterocycles. The first kappa shape index (κ1) is 25.3. The molecular weight excluding hydrogens is 592 g/mol. The molecule has 36 heavy (non-hydrogen) atoms. The van der Waals surface area contributed by atoms with E-state index >= 15 is 0 Å². The number of nitrogens with one attached hydrogen (secondary N) is 1. The molecule has 7 nitrogen and oxygen atoms in total. The van der Waals surface area contributed by atoms with Crippen molar-refractivity contribution in [3.8, 4) is 5.75 Å². The molecule has 180 valence electrons. The van der Waals surface area contributed by atoms with Crippen molar-refractivity contribution in [3.05, 3.63) is 104 Å². The lowest BCUT2D eigenvalue weighted by atomic mass is 10.0. The van der Waals surface area contributed by atoms with Gasteiger partial charge in [-0.05, 0) is 64.3 Å². The van der Waals surface area contributed by atoms with E-state index in [1.54, 1.807) is 49.4 Å². The van der Waals surface area contributed by atoms with E-state index in [0.29, 0.717) is 20.2 Å². The summed E-state index contributed by atoms with van der Waals surface area (Å²) < 4.78 is 6.58. The second-order valence-corrected chi connectivity index (χ2v) is 9.49. The maximum atomic E-state index is 13.3. The van der Waals surface area contributed by atoms with Gasteiger partial charge in [0.05, 0.1) is 10.2 Å². The van der Waals surface area contributed by atoms with Crippen LogP contribution in [0, 0.1) is 6.92 Å². The molecule has 4 amide bonds. The van der Waals surface area contributed by atoms with Crippen LogP contribution >= 0.6 is 31.9 Å². The summed E-state index contributed by atoms with van der Waals surface area (Å²) in [5, 5.41) is 2.20. The molecule has 0 aromatic heterocycles. The molecule has 3 aromatic rings. The smallest absolute Gasteiger partial charge is 0.336 e. The topological polar surface area (TPSA) is 92.8 Å². The van der Waals surface area contributed by atoms with Crippen molar-refractivity contribution in [2.24, 2.45) is 0 Å². The van der Waals surface area contributed by atoms with Crippen LogP contribution in [0.1, 0.15) is 16.7 Å². The van der Waals surface area contributed by atoms with E-state index in [4.69, 9.17) is 4.74 Å². The number of benzene rings is 3. The summed E-state index contributed by atoms with van der Waals surface area (Å²) in [5.41, 5.74) is 1.83. The van der Waals surface area contributed by atoms with Gasteiger partial charge in [0.15, 0.2) is 5.75 Å². The Labute approximate surface area is 223 Å². The highest BCUT2D eigenvalue weighted by molar-refractivity contribution is 9.11. The van der Waals surface area contributed by atoms with Crippen LogP contribution in [0.2, 0.25) is 0 Å². The van der Waals surface area contributed by atoms with E-state index in [-0.39, 0.29) is 16.9 Å². The third-order valence-corrected chi connectivity index (χ3v) is 6.26. The van der Waals surface area contributed by atoms with Gasteiger partial charge in [-0.25, -0.2) is 14.5 Å². The normalized spacial score (nSPS) is 14.9. The number of imide groups is 2. The zero-order valence-corrected chi connectivity index (χ0v) is 22.0. The van der Waals surface area contributed by atoms with Crippen molar-refractivity contribution in [2.45, 2.75) is 6.92 Å². The summed E-state index contributed by atoms with van der Waals surface area (Å²) >= 11 is 6.75. The Hall–Kier alpha value is -3.82. The number of ether oxygens (including phenoxy) is 1. The lowest BCUT2D eigenvalue weighted by Crippen LogP contribution is -2.54.